The Morgan fingerprint density at radius 3 is 3.05 bits per heavy atom. The van der Waals surface area contributed by atoms with E-state index in [1.165, 1.54) is 18.9 Å². The minimum Gasteiger partial charge on any atom is -0.492 e. The lowest BCUT2D eigenvalue weighted by atomic mass is 10.1. The van der Waals surface area contributed by atoms with Gasteiger partial charge in [0.2, 0.25) is 0 Å². The van der Waals surface area contributed by atoms with Crippen LogP contribution < -0.4 is 10.1 Å². The van der Waals surface area contributed by atoms with Crippen LogP contribution >= 0.6 is 15.9 Å². The molecule has 1 unspecified atom stereocenters. The smallest absolute Gasteiger partial charge is 0.287 e. The summed E-state index contributed by atoms with van der Waals surface area (Å²) in [6.45, 7) is 1.69. The van der Waals surface area contributed by atoms with Crippen molar-refractivity contribution < 1.29 is 9.66 Å². The second-order valence-electron chi connectivity index (χ2n) is 4.63. The average molecular weight is 329 g/mol. The number of halogens is 1. The highest BCUT2D eigenvalue weighted by atomic mass is 79.9. The number of hydrogen-bond acceptors (Lipinski definition) is 4. The predicted octanol–water partition coefficient (Wildman–Crippen LogP) is 3.27. The molecule has 1 fully saturated rings. The summed E-state index contributed by atoms with van der Waals surface area (Å²) >= 11 is 3.22. The summed E-state index contributed by atoms with van der Waals surface area (Å²) in [6, 6.07) is 5.44. The van der Waals surface area contributed by atoms with E-state index in [-0.39, 0.29) is 5.69 Å². The molecule has 0 amide bonds. The molecule has 0 aromatic heterocycles. The van der Waals surface area contributed by atoms with Crippen molar-refractivity contribution >= 4 is 21.6 Å². The zero-order valence-electron chi connectivity index (χ0n) is 10.6. The van der Waals surface area contributed by atoms with E-state index in [4.69, 9.17) is 4.74 Å². The molecular formula is C13H17BrN2O3. The molecule has 1 aliphatic rings. The molecule has 1 saturated heterocycles. The van der Waals surface area contributed by atoms with Crippen molar-refractivity contribution in [2.45, 2.75) is 31.7 Å². The molecule has 6 heteroatoms. The first-order valence-corrected chi connectivity index (χ1v) is 7.27. The van der Waals surface area contributed by atoms with Crippen LogP contribution in [0.25, 0.3) is 0 Å². The second kappa shape index (κ2) is 6.86. The van der Waals surface area contributed by atoms with Crippen molar-refractivity contribution in [2.24, 2.45) is 0 Å². The molecule has 104 valence electrons. The van der Waals surface area contributed by atoms with E-state index < -0.39 is 4.92 Å². The minimum absolute atomic E-state index is 0.0370. The van der Waals surface area contributed by atoms with Crippen LogP contribution in [-0.2, 0) is 0 Å². The molecule has 1 aromatic carbocycles. The summed E-state index contributed by atoms with van der Waals surface area (Å²) in [5.74, 6) is 0.536. The number of ether oxygens (including phenoxy) is 1. The summed E-state index contributed by atoms with van der Waals surface area (Å²) in [5, 5.41) is 14.2. The van der Waals surface area contributed by atoms with Crippen molar-refractivity contribution in [1.29, 1.82) is 0 Å². The maximum absolute atomic E-state index is 10.8. The van der Waals surface area contributed by atoms with Gasteiger partial charge in [-0.2, -0.15) is 0 Å². The second-order valence-corrected chi connectivity index (χ2v) is 5.42. The highest BCUT2D eigenvalue weighted by Crippen LogP contribution is 2.33. The lowest BCUT2D eigenvalue weighted by molar-refractivity contribution is -0.385. The molecule has 0 saturated carbocycles. The van der Waals surface area contributed by atoms with Crippen LogP contribution in [0.4, 0.5) is 5.69 Å². The van der Waals surface area contributed by atoms with Crippen LogP contribution in [-0.4, -0.2) is 24.1 Å². The van der Waals surface area contributed by atoms with Crippen molar-refractivity contribution in [2.75, 3.05) is 13.2 Å². The Bertz CT molecular complexity index is 448. The van der Waals surface area contributed by atoms with Gasteiger partial charge in [-0.15, -0.1) is 0 Å². The maximum atomic E-state index is 10.8. The molecule has 2 rings (SSSR count). The number of nitro benzene ring substituents is 1. The van der Waals surface area contributed by atoms with Crippen LogP contribution in [0.1, 0.15) is 25.7 Å². The lowest BCUT2D eigenvalue weighted by Crippen LogP contribution is -2.21. The van der Waals surface area contributed by atoms with Gasteiger partial charge in [0, 0.05) is 12.1 Å². The van der Waals surface area contributed by atoms with Gasteiger partial charge < -0.3 is 10.1 Å². The van der Waals surface area contributed by atoms with E-state index in [9.17, 15) is 10.1 Å². The molecule has 1 heterocycles. The Morgan fingerprint density at radius 2 is 2.37 bits per heavy atom. The molecule has 5 nitrogen and oxygen atoms in total. The van der Waals surface area contributed by atoms with Gasteiger partial charge in [0.25, 0.3) is 5.69 Å². The Hall–Kier alpha value is -1.14. The molecule has 0 radical (unpaired) electrons. The van der Waals surface area contributed by atoms with Gasteiger partial charge in [0.15, 0.2) is 0 Å². The van der Waals surface area contributed by atoms with Crippen LogP contribution in [0.2, 0.25) is 0 Å². The third-order valence-electron chi connectivity index (χ3n) is 3.26. The van der Waals surface area contributed by atoms with E-state index in [1.807, 2.05) is 0 Å². The molecule has 19 heavy (non-hydrogen) atoms. The predicted molar refractivity (Wildman–Crippen MR) is 76.6 cm³/mol. The number of rotatable bonds is 6. The molecule has 1 N–H and O–H groups in total. The average Bonchev–Trinajstić information content (AvgIpc) is 2.89. The summed E-state index contributed by atoms with van der Waals surface area (Å²) in [7, 11) is 0. The molecule has 0 aliphatic carbocycles. The van der Waals surface area contributed by atoms with Crippen LogP contribution in [0, 0.1) is 10.1 Å². The normalized spacial score (nSPS) is 18.5. The Morgan fingerprint density at radius 1 is 1.53 bits per heavy atom. The van der Waals surface area contributed by atoms with Crippen molar-refractivity contribution in [3.63, 3.8) is 0 Å². The summed E-state index contributed by atoms with van der Waals surface area (Å²) in [6.07, 6.45) is 4.53. The SMILES string of the molecule is O=[N+]([O-])c1cccc(OCCCC2CCCN2)c1Br. The lowest BCUT2D eigenvalue weighted by Gasteiger charge is -2.11. The topological polar surface area (TPSA) is 64.4 Å². The first kappa shape index (κ1) is 14.3. The Kier molecular flexibility index (Phi) is 5.15. The summed E-state index contributed by atoms with van der Waals surface area (Å²) in [5.41, 5.74) is 0.0370. The van der Waals surface area contributed by atoms with Crippen LogP contribution in [0.3, 0.4) is 0 Å². The van der Waals surface area contributed by atoms with E-state index in [2.05, 4.69) is 21.2 Å². The van der Waals surface area contributed by atoms with E-state index in [0.29, 0.717) is 22.9 Å². The maximum Gasteiger partial charge on any atom is 0.287 e. The van der Waals surface area contributed by atoms with E-state index in [0.717, 1.165) is 19.4 Å². The van der Waals surface area contributed by atoms with Crippen molar-refractivity contribution in [1.82, 2.24) is 5.32 Å². The highest BCUT2D eigenvalue weighted by Gasteiger charge is 2.16. The van der Waals surface area contributed by atoms with Gasteiger partial charge in [-0.1, -0.05) is 6.07 Å². The molecule has 1 atom stereocenters. The van der Waals surface area contributed by atoms with Gasteiger partial charge in [-0.3, -0.25) is 10.1 Å². The molecule has 0 bridgehead atoms. The quantitative estimate of drug-likeness (QED) is 0.494. The third-order valence-corrected chi connectivity index (χ3v) is 4.05. The van der Waals surface area contributed by atoms with Gasteiger partial charge in [-0.25, -0.2) is 0 Å². The number of nitrogens with one attached hydrogen (secondary N) is 1. The van der Waals surface area contributed by atoms with Gasteiger partial charge >= 0.3 is 0 Å². The first-order chi connectivity index (χ1) is 9.18. The molecular weight excluding hydrogens is 312 g/mol. The third kappa shape index (κ3) is 3.91. The first-order valence-electron chi connectivity index (χ1n) is 6.47. The van der Waals surface area contributed by atoms with E-state index >= 15 is 0 Å². The van der Waals surface area contributed by atoms with E-state index in [1.54, 1.807) is 12.1 Å². The zero-order valence-corrected chi connectivity index (χ0v) is 12.2. The summed E-state index contributed by atoms with van der Waals surface area (Å²) in [4.78, 5) is 10.4. The fourth-order valence-electron chi connectivity index (χ4n) is 2.27. The molecule has 1 aliphatic heterocycles. The Labute approximate surface area is 120 Å². The van der Waals surface area contributed by atoms with Crippen molar-refractivity contribution in [3.05, 3.63) is 32.8 Å². The fourth-order valence-corrected chi connectivity index (χ4v) is 2.79. The number of nitrogens with zero attached hydrogens (tertiary/aromatic N) is 1. The van der Waals surface area contributed by atoms with Gasteiger partial charge in [0.05, 0.1) is 11.5 Å². The van der Waals surface area contributed by atoms with Crippen molar-refractivity contribution in [3.8, 4) is 5.75 Å². The monoisotopic (exact) mass is 328 g/mol. The largest absolute Gasteiger partial charge is 0.492 e. The fraction of sp³-hybridized carbons (Fsp3) is 0.538. The van der Waals surface area contributed by atoms with Gasteiger partial charge in [-0.05, 0) is 54.2 Å². The Balaban J connectivity index is 1.82. The molecule has 1 aromatic rings. The molecule has 0 spiro atoms. The minimum atomic E-state index is -0.417. The zero-order chi connectivity index (χ0) is 13.7. The van der Waals surface area contributed by atoms with Crippen LogP contribution in [0.5, 0.6) is 5.75 Å². The standard InChI is InChI=1S/C13H17BrN2O3/c14-13-11(16(17)18)6-1-7-12(13)19-9-3-5-10-4-2-8-15-10/h1,6-7,10,15H,2-5,8-9H2. The highest BCUT2D eigenvalue weighted by molar-refractivity contribution is 9.10. The summed E-state index contributed by atoms with van der Waals surface area (Å²) < 4.78 is 6.02. The number of benzene rings is 1. The number of hydrogen-bond donors (Lipinski definition) is 1. The number of nitro groups is 1. The van der Waals surface area contributed by atoms with Gasteiger partial charge in [0.1, 0.15) is 10.2 Å². The van der Waals surface area contributed by atoms with Crippen LogP contribution in [0.15, 0.2) is 22.7 Å².